The summed E-state index contributed by atoms with van der Waals surface area (Å²) >= 11 is 0. The zero-order valence-electron chi connectivity index (χ0n) is 9.17. The monoisotopic (exact) mass is 252 g/mol. The van der Waals surface area contributed by atoms with E-state index in [-0.39, 0.29) is 17.1 Å². The van der Waals surface area contributed by atoms with Crippen molar-refractivity contribution in [2.75, 3.05) is 6.54 Å². The van der Waals surface area contributed by atoms with E-state index < -0.39 is 10.7 Å². The quantitative estimate of drug-likeness (QED) is 0.648. The first-order chi connectivity index (χ1) is 8.60. The van der Waals surface area contributed by atoms with Crippen LogP contribution in [0.1, 0.15) is 5.89 Å². The van der Waals surface area contributed by atoms with E-state index in [1.54, 1.807) is 0 Å². The van der Waals surface area contributed by atoms with E-state index in [0.717, 1.165) is 12.1 Å². The van der Waals surface area contributed by atoms with E-state index in [9.17, 15) is 14.5 Å². The van der Waals surface area contributed by atoms with Crippen LogP contribution in [0.25, 0.3) is 11.5 Å². The third-order valence-electron chi connectivity index (χ3n) is 2.17. The largest absolute Gasteiger partial charge is 0.421 e. The molecule has 7 nitrogen and oxygen atoms in total. The van der Waals surface area contributed by atoms with Gasteiger partial charge in [-0.2, -0.15) is 0 Å². The zero-order chi connectivity index (χ0) is 13.1. The molecule has 8 heteroatoms. The molecule has 0 aliphatic carbocycles. The number of aromatic nitrogens is 2. The van der Waals surface area contributed by atoms with Gasteiger partial charge in [-0.25, -0.2) is 4.39 Å². The van der Waals surface area contributed by atoms with Crippen molar-refractivity contribution in [3.05, 3.63) is 40.0 Å². The van der Waals surface area contributed by atoms with Crippen LogP contribution in [-0.4, -0.2) is 21.7 Å². The Morgan fingerprint density at radius 3 is 2.83 bits per heavy atom. The predicted octanol–water partition coefficient (Wildman–Crippen LogP) is 1.29. The van der Waals surface area contributed by atoms with E-state index in [0.29, 0.717) is 18.9 Å². The number of nitrogens with zero attached hydrogens (tertiary/aromatic N) is 3. The van der Waals surface area contributed by atoms with Gasteiger partial charge in [0, 0.05) is 24.6 Å². The highest BCUT2D eigenvalue weighted by Gasteiger charge is 2.15. The van der Waals surface area contributed by atoms with Gasteiger partial charge in [0.25, 0.3) is 5.69 Å². The number of nitrogens with two attached hydrogens (primary N) is 1. The molecule has 0 aliphatic rings. The van der Waals surface area contributed by atoms with Gasteiger partial charge in [0.1, 0.15) is 5.82 Å². The fourth-order valence-corrected chi connectivity index (χ4v) is 1.40. The second-order valence-corrected chi connectivity index (χ2v) is 3.49. The van der Waals surface area contributed by atoms with Crippen LogP contribution in [-0.2, 0) is 6.42 Å². The van der Waals surface area contributed by atoms with Gasteiger partial charge >= 0.3 is 0 Å². The van der Waals surface area contributed by atoms with E-state index in [1.165, 1.54) is 6.07 Å². The summed E-state index contributed by atoms with van der Waals surface area (Å²) in [6, 6.07) is 3.08. The topological polar surface area (TPSA) is 108 Å². The molecule has 0 spiro atoms. The summed E-state index contributed by atoms with van der Waals surface area (Å²) in [7, 11) is 0. The lowest BCUT2D eigenvalue weighted by molar-refractivity contribution is -0.385. The summed E-state index contributed by atoms with van der Waals surface area (Å²) in [6.07, 6.45) is 0.393. The number of benzene rings is 1. The number of nitro groups is 1. The highest BCUT2D eigenvalue weighted by Crippen LogP contribution is 2.24. The fraction of sp³-hybridized carbons (Fsp3) is 0.200. The van der Waals surface area contributed by atoms with Gasteiger partial charge < -0.3 is 10.2 Å². The molecule has 18 heavy (non-hydrogen) atoms. The SMILES string of the molecule is NCCc1nnc(-c2cc(F)cc([N+](=O)[O-])c2)o1. The molecule has 0 aliphatic heterocycles. The minimum atomic E-state index is -0.738. The fourth-order valence-electron chi connectivity index (χ4n) is 1.40. The molecule has 2 aromatic rings. The van der Waals surface area contributed by atoms with Gasteiger partial charge in [0.15, 0.2) is 0 Å². The summed E-state index contributed by atoms with van der Waals surface area (Å²) in [5, 5.41) is 18.0. The molecule has 0 atom stereocenters. The first-order valence-corrected chi connectivity index (χ1v) is 5.08. The Kier molecular flexibility index (Phi) is 3.28. The van der Waals surface area contributed by atoms with Gasteiger partial charge in [-0.1, -0.05) is 0 Å². The summed E-state index contributed by atoms with van der Waals surface area (Å²) in [4.78, 5) is 9.91. The summed E-state index contributed by atoms with van der Waals surface area (Å²) in [5.41, 5.74) is 5.11. The number of non-ortho nitro benzene ring substituents is 1. The van der Waals surface area contributed by atoms with Crippen LogP contribution in [0.4, 0.5) is 10.1 Å². The van der Waals surface area contributed by atoms with Crippen molar-refractivity contribution in [2.45, 2.75) is 6.42 Å². The van der Waals surface area contributed by atoms with E-state index >= 15 is 0 Å². The van der Waals surface area contributed by atoms with Crippen molar-refractivity contribution < 1.29 is 13.7 Å². The highest BCUT2D eigenvalue weighted by molar-refractivity contribution is 5.57. The molecule has 0 unspecified atom stereocenters. The zero-order valence-corrected chi connectivity index (χ0v) is 9.17. The number of hydrogen-bond donors (Lipinski definition) is 1. The van der Waals surface area contributed by atoms with Crippen LogP contribution in [0, 0.1) is 15.9 Å². The maximum absolute atomic E-state index is 13.2. The third-order valence-corrected chi connectivity index (χ3v) is 2.17. The van der Waals surface area contributed by atoms with Gasteiger partial charge in [-0.05, 0) is 6.07 Å². The van der Waals surface area contributed by atoms with Gasteiger partial charge in [0.05, 0.1) is 11.0 Å². The molecule has 0 fully saturated rings. The minimum Gasteiger partial charge on any atom is -0.421 e. The lowest BCUT2D eigenvalue weighted by Crippen LogP contribution is -2.02. The number of halogens is 1. The van der Waals surface area contributed by atoms with E-state index in [4.69, 9.17) is 10.2 Å². The Bertz CT molecular complexity index is 584. The number of hydrogen-bond acceptors (Lipinski definition) is 6. The van der Waals surface area contributed by atoms with Crippen LogP contribution >= 0.6 is 0 Å². The Morgan fingerprint density at radius 2 is 2.17 bits per heavy atom. The highest BCUT2D eigenvalue weighted by atomic mass is 19.1. The van der Waals surface area contributed by atoms with E-state index in [1.807, 2.05) is 0 Å². The second-order valence-electron chi connectivity index (χ2n) is 3.49. The Labute approximate surface area is 101 Å². The Morgan fingerprint density at radius 1 is 1.39 bits per heavy atom. The molecule has 1 heterocycles. The molecular formula is C10H9FN4O3. The standard InChI is InChI=1S/C10H9FN4O3/c11-7-3-6(4-8(5-7)15(16)17)10-14-13-9(18-10)1-2-12/h3-5H,1-2,12H2. The molecule has 0 saturated carbocycles. The van der Waals surface area contributed by atoms with Crippen LogP contribution in [0.5, 0.6) is 0 Å². The van der Waals surface area contributed by atoms with E-state index in [2.05, 4.69) is 10.2 Å². The maximum Gasteiger partial charge on any atom is 0.273 e. The Hall–Kier alpha value is -2.35. The van der Waals surface area contributed by atoms with Crippen LogP contribution < -0.4 is 5.73 Å². The van der Waals surface area contributed by atoms with Crippen LogP contribution in [0.3, 0.4) is 0 Å². The van der Waals surface area contributed by atoms with Gasteiger partial charge in [-0.3, -0.25) is 10.1 Å². The number of nitro benzene ring substituents is 1. The smallest absolute Gasteiger partial charge is 0.273 e. The predicted molar refractivity (Wildman–Crippen MR) is 59.1 cm³/mol. The van der Waals surface area contributed by atoms with Crippen molar-refractivity contribution in [1.82, 2.24) is 10.2 Å². The maximum atomic E-state index is 13.2. The van der Waals surface area contributed by atoms with Crippen molar-refractivity contribution >= 4 is 5.69 Å². The molecule has 0 saturated heterocycles. The molecule has 1 aromatic carbocycles. The van der Waals surface area contributed by atoms with Crippen molar-refractivity contribution in [3.63, 3.8) is 0 Å². The average molecular weight is 252 g/mol. The average Bonchev–Trinajstić information content (AvgIpc) is 2.77. The summed E-state index contributed by atoms with van der Waals surface area (Å²) < 4.78 is 18.4. The molecular weight excluding hydrogens is 243 g/mol. The molecule has 2 N–H and O–H groups in total. The molecule has 2 rings (SSSR count). The normalized spacial score (nSPS) is 10.6. The van der Waals surface area contributed by atoms with Crippen LogP contribution in [0.15, 0.2) is 22.6 Å². The van der Waals surface area contributed by atoms with Crippen molar-refractivity contribution in [1.29, 1.82) is 0 Å². The van der Waals surface area contributed by atoms with Gasteiger partial charge in [0.2, 0.25) is 11.8 Å². The molecule has 0 amide bonds. The van der Waals surface area contributed by atoms with Crippen molar-refractivity contribution in [3.8, 4) is 11.5 Å². The lowest BCUT2D eigenvalue weighted by atomic mass is 10.2. The number of rotatable bonds is 4. The molecule has 0 bridgehead atoms. The Balaban J connectivity index is 2.39. The molecule has 1 aromatic heterocycles. The second kappa shape index (κ2) is 4.88. The van der Waals surface area contributed by atoms with Crippen LogP contribution in [0.2, 0.25) is 0 Å². The first kappa shape index (κ1) is 12.1. The molecule has 0 radical (unpaired) electrons. The van der Waals surface area contributed by atoms with Crippen molar-refractivity contribution in [2.24, 2.45) is 5.73 Å². The first-order valence-electron chi connectivity index (χ1n) is 5.08. The molecule has 94 valence electrons. The van der Waals surface area contributed by atoms with Gasteiger partial charge in [-0.15, -0.1) is 10.2 Å². The minimum absolute atomic E-state index is 0.0288. The lowest BCUT2D eigenvalue weighted by Gasteiger charge is -1.96. The third kappa shape index (κ3) is 2.48. The summed E-state index contributed by atoms with van der Waals surface area (Å²) in [5.74, 6) is -0.404. The summed E-state index contributed by atoms with van der Waals surface area (Å²) in [6.45, 7) is 0.338.